The number of rotatable bonds is 4. The highest BCUT2D eigenvalue weighted by molar-refractivity contribution is 7.80. The van der Waals surface area contributed by atoms with Gasteiger partial charge in [0, 0.05) is 22.3 Å². The summed E-state index contributed by atoms with van der Waals surface area (Å²) in [6, 6.07) is 6.05. The van der Waals surface area contributed by atoms with Crippen LogP contribution in [0.25, 0.3) is 0 Å². The van der Waals surface area contributed by atoms with Crippen LogP contribution >= 0.6 is 35.4 Å². The van der Waals surface area contributed by atoms with Gasteiger partial charge in [-0.05, 0) is 54.5 Å². The fourth-order valence-corrected chi connectivity index (χ4v) is 2.96. The molecular formula is C17H12Cl2F6N2S. The topological polar surface area (TPSA) is 24.1 Å². The predicted molar refractivity (Wildman–Crippen MR) is 101 cm³/mol. The van der Waals surface area contributed by atoms with Crippen molar-refractivity contribution in [3.05, 3.63) is 63.1 Å². The summed E-state index contributed by atoms with van der Waals surface area (Å²) in [5.74, 6) is 0. The van der Waals surface area contributed by atoms with Gasteiger partial charge in [0.15, 0.2) is 5.11 Å². The fraction of sp³-hybridized carbons (Fsp3) is 0.235. The Bertz CT molecular complexity index is 835. The van der Waals surface area contributed by atoms with Crippen LogP contribution in [0, 0.1) is 0 Å². The highest BCUT2D eigenvalue weighted by atomic mass is 35.5. The minimum Gasteiger partial charge on any atom is -0.362 e. The van der Waals surface area contributed by atoms with Crippen LogP contribution in [0.3, 0.4) is 0 Å². The molecule has 0 atom stereocenters. The van der Waals surface area contributed by atoms with E-state index in [2.05, 4.69) is 10.6 Å². The first-order chi connectivity index (χ1) is 12.9. The van der Waals surface area contributed by atoms with Crippen molar-refractivity contribution in [3.8, 4) is 0 Å². The molecule has 0 spiro atoms. The van der Waals surface area contributed by atoms with E-state index in [9.17, 15) is 26.3 Å². The summed E-state index contributed by atoms with van der Waals surface area (Å²) in [6.45, 7) is 0.248. The first-order valence-corrected chi connectivity index (χ1v) is 8.81. The zero-order valence-electron chi connectivity index (χ0n) is 13.8. The first kappa shape index (κ1) is 22.6. The standard InChI is InChI=1S/C17H12Cl2F6N2S/c18-12-2-1-9(14(19)8-12)3-4-26-15(28)27-13-6-10(16(20,21)22)5-11(7-13)17(23,24)25/h1-2,5-8H,3-4H2,(H2,26,27,28). The summed E-state index contributed by atoms with van der Waals surface area (Å²) < 4.78 is 77.2. The molecule has 0 saturated heterocycles. The van der Waals surface area contributed by atoms with Gasteiger partial charge in [0.1, 0.15) is 0 Å². The van der Waals surface area contributed by atoms with Crippen molar-refractivity contribution in [3.63, 3.8) is 0 Å². The molecule has 11 heteroatoms. The Labute approximate surface area is 171 Å². The van der Waals surface area contributed by atoms with Crippen LogP contribution in [0.1, 0.15) is 16.7 Å². The molecule has 0 amide bonds. The van der Waals surface area contributed by atoms with Gasteiger partial charge in [-0.15, -0.1) is 0 Å². The van der Waals surface area contributed by atoms with E-state index in [1.54, 1.807) is 18.2 Å². The minimum absolute atomic E-state index is 0.0458. The van der Waals surface area contributed by atoms with Gasteiger partial charge in [0.2, 0.25) is 0 Å². The summed E-state index contributed by atoms with van der Waals surface area (Å²) in [4.78, 5) is 0. The molecule has 0 fully saturated rings. The van der Waals surface area contributed by atoms with Crippen LogP contribution in [-0.4, -0.2) is 11.7 Å². The van der Waals surface area contributed by atoms with E-state index in [4.69, 9.17) is 35.4 Å². The molecule has 0 aliphatic rings. The lowest BCUT2D eigenvalue weighted by Crippen LogP contribution is -2.30. The van der Waals surface area contributed by atoms with Crippen molar-refractivity contribution in [1.82, 2.24) is 5.32 Å². The highest BCUT2D eigenvalue weighted by Crippen LogP contribution is 2.37. The molecule has 0 heterocycles. The Morgan fingerprint density at radius 3 is 1.96 bits per heavy atom. The Balaban J connectivity index is 2.06. The molecule has 0 aliphatic heterocycles. The Hall–Kier alpha value is -1.71. The van der Waals surface area contributed by atoms with E-state index in [0.717, 1.165) is 5.56 Å². The number of hydrogen-bond donors (Lipinski definition) is 2. The lowest BCUT2D eigenvalue weighted by atomic mass is 10.1. The first-order valence-electron chi connectivity index (χ1n) is 7.64. The zero-order valence-corrected chi connectivity index (χ0v) is 16.1. The Kier molecular flexibility index (Phi) is 7.06. The van der Waals surface area contributed by atoms with Gasteiger partial charge in [-0.3, -0.25) is 0 Å². The summed E-state index contributed by atoms with van der Waals surface area (Å²) in [5, 5.41) is 5.81. The van der Waals surface area contributed by atoms with Gasteiger partial charge in [-0.1, -0.05) is 29.3 Å². The Morgan fingerprint density at radius 1 is 0.893 bits per heavy atom. The largest absolute Gasteiger partial charge is 0.416 e. The molecule has 0 aromatic heterocycles. The number of benzene rings is 2. The van der Waals surface area contributed by atoms with Crippen LogP contribution in [0.15, 0.2) is 36.4 Å². The van der Waals surface area contributed by atoms with Crippen LogP contribution < -0.4 is 10.6 Å². The van der Waals surface area contributed by atoms with Crippen LogP contribution in [0.2, 0.25) is 10.0 Å². The second-order valence-corrected chi connectivity index (χ2v) is 6.91. The van der Waals surface area contributed by atoms with Crippen molar-refractivity contribution in [2.24, 2.45) is 0 Å². The van der Waals surface area contributed by atoms with Gasteiger partial charge < -0.3 is 10.6 Å². The minimum atomic E-state index is -4.93. The van der Waals surface area contributed by atoms with Crippen molar-refractivity contribution in [2.45, 2.75) is 18.8 Å². The molecule has 2 rings (SSSR count). The van der Waals surface area contributed by atoms with Gasteiger partial charge in [-0.2, -0.15) is 26.3 Å². The van der Waals surface area contributed by atoms with E-state index in [0.29, 0.717) is 28.6 Å². The number of thiocarbonyl (C=S) groups is 1. The average Bonchev–Trinajstić information content (AvgIpc) is 2.55. The molecule has 152 valence electrons. The van der Waals surface area contributed by atoms with Crippen LogP contribution in [-0.2, 0) is 18.8 Å². The van der Waals surface area contributed by atoms with E-state index < -0.39 is 29.2 Å². The maximum absolute atomic E-state index is 12.9. The lowest BCUT2D eigenvalue weighted by molar-refractivity contribution is -0.143. The molecule has 2 aromatic carbocycles. The highest BCUT2D eigenvalue weighted by Gasteiger charge is 2.37. The van der Waals surface area contributed by atoms with E-state index in [1.807, 2.05) is 0 Å². The molecule has 0 radical (unpaired) electrons. The molecule has 0 saturated carbocycles. The molecule has 2 nitrogen and oxygen atoms in total. The third-order valence-electron chi connectivity index (χ3n) is 3.54. The number of hydrogen-bond acceptors (Lipinski definition) is 1. The number of alkyl halides is 6. The van der Waals surface area contributed by atoms with E-state index in [-0.39, 0.29) is 17.7 Å². The smallest absolute Gasteiger partial charge is 0.362 e. The number of anilines is 1. The van der Waals surface area contributed by atoms with Crippen molar-refractivity contribution < 1.29 is 26.3 Å². The summed E-state index contributed by atoms with van der Waals surface area (Å²) in [6.07, 6.45) is -9.45. The quantitative estimate of drug-likeness (QED) is 0.399. The van der Waals surface area contributed by atoms with Crippen LogP contribution in [0.5, 0.6) is 0 Å². The second kappa shape index (κ2) is 8.75. The van der Waals surface area contributed by atoms with Crippen molar-refractivity contribution in [1.29, 1.82) is 0 Å². The van der Waals surface area contributed by atoms with E-state index in [1.165, 1.54) is 0 Å². The molecule has 0 aliphatic carbocycles. The van der Waals surface area contributed by atoms with Crippen molar-refractivity contribution in [2.75, 3.05) is 11.9 Å². The summed E-state index contributed by atoms with van der Waals surface area (Å²) in [7, 11) is 0. The van der Waals surface area contributed by atoms with Gasteiger partial charge in [-0.25, -0.2) is 0 Å². The molecule has 2 aromatic rings. The monoisotopic (exact) mass is 460 g/mol. The molecule has 0 unspecified atom stereocenters. The number of nitrogens with one attached hydrogen (secondary N) is 2. The van der Waals surface area contributed by atoms with Gasteiger partial charge >= 0.3 is 12.4 Å². The SMILES string of the molecule is FC(F)(F)c1cc(NC(=S)NCCc2ccc(Cl)cc2Cl)cc(C(F)(F)F)c1. The van der Waals surface area contributed by atoms with E-state index >= 15 is 0 Å². The van der Waals surface area contributed by atoms with Crippen molar-refractivity contribution >= 4 is 46.2 Å². The lowest BCUT2D eigenvalue weighted by Gasteiger charge is -2.16. The maximum atomic E-state index is 12.9. The zero-order chi connectivity index (χ0) is 21.1. The van der Waals surface area contributed by atoms with Gasteiger partial charge in [0.25, 0.3) is 0 Å². The third kappa shape index (κ3) is 6.42. The predicted octanol–water partition coefficient (Wildman–Crippen LogP) is 6.56. The molecule has 28 heavy (non-hydrogen) atoms. The second-order valence-electron chi connectivity index (χ2n) is 5.66. The number of halogens is 8. The summed E-state index contributed by atoms with van der Waals surface area (Å²) in [5.41, 5.74) is -2.54. The third-order valence-corrected chi connectivity index (χ3v) is 4.37. The maximum Gasteiger partial charge on any atom is 0.416 e. The molecule has 0 bridgehead atoms. The van der Waals surface area contributed by atoms with Crippen LogP contribution in [0.4, 0.5) is 32.0 Å². The average molecular weight is 461 g/mol. The Morgan fingerprint density at radius 2 is 1.46 bits per heavy atom. The molecular weight excluding hydrogens is 449 g/mol. The summed E-state index contributed by atoms with van der Waals surface area (Å²) >= 11 is 16.8. The van der Waals surface area contributed by atoms with Gasteiger partial charge in [0.05, 0.1) is 11.1 Å². The molecule has 2 N–H and O–H groups in total. The fourth-order valence-electron chi connectivity index (χ4n) is 2.24. The normalized spacial score (nSPS) is 12.0.